The zero-order chi connectivity index (χ0) is 13.9. The number of aliphatic hydroxyl groups excluding tert-OH is 1. The number of carbonyl (C=O) groups excluding carboxylic acids is 2. The third-order valence-electron chi connectivity index (χ3n) is 2.84. The molecule has 0 spiro atoms. The lowest BCUT2D eigenvalue weighted by atomic mass is 9.97. The number of urea groups is 1. The average Bonchev–Trinajstić information content (AvgIpc) is 2.40. The SMILES string of the molecule is O=C(CSCCO)NC(=O)NCCC1=CCCCC1. The van der Waals surface area contributed by atoms with Crippen molar-refractivity contribution in [1.29, 1.82) is 0 Å². The van der Waals surface area contributed by atoms with Crippen LogP contribution in [0.15, 0.2) is 11.6 Å². The Morgan fingerprint density at radius 3 is 2.89 bits per heavy atom. The molecule has 0 heterocycles. The lowest BCUT2D eigenvalue weighted by Crippen LogP contribution is -2.40. The molecule has 0 aromatic heterocycles. The summed E-state index contributed by atoms with van der Waals surface area (Å²) in [5.41, 5.74) is 1.40. The fourth-order valence-corrected chi connectivity index (χ4v) is 2.44. The van der Waals surface area contributed by atoms with E-state index in [1.807, 2.05) is 0 Å². The number of aliphatic hydroxyl groups is 1. The van der Waals surface area contributed by atoms with Crippen LogP contribution in [0.25, 0.3) is 0 Å². The topological polar surface area (TPSA) is 78.4 Å². The maximum atomic E-state index is 11.4. The van der Waals surface area contributed by atoms with E-state index in [-0.39, 0.29) is 18.3 Å². The van der Waals surface area contributed by atoms with Crippen LogP contribution in [-0.4, -0.2) is 41.7 Å². The van der Waals surface area contributed by atoms with Gasteiger partial charge in [-0.15, -0.1) is 11.8 Å². The van der Waals surface area contributed by atoms with Crippen molar-refractivity contribution in [2.45, 2.75) is 32.1 Å². The molecular weight excluding hydrogens is 264 g/mol. The molecule has 0 radical (unpaired) electrons. The highest BCUT2D eigenvalue weighted by molar-refractivity contribution is 7.99. The van der Waals surface area contributed by atoms with Crippen LogP contribution in [0.1, 0.15) is 32.1 Å². The van der Waals surface area contributed by atoms with Crippen LogP contribution < -0.4 is 10.6 Å². The summed E-state index contributed by atoms with van der Waals surface area (Å²) in [5, 5.41) is 13.5. The number of hydrogen-bond acceptors (Lipinski definition) is 4. The van der Waals surface area contributed by atoms with Gasteiger partial charge in [-0.1, -0.05) is 11.6 Å². The van der Waals surface area contributed by atoms with Crippen molar-refractivity contribution < 1.29 is 14.7 Å². The number of amides is 3. The normalized spacial score (nSPS) is 14.7. The monoisotopic (exact) mass is 286 g/mol. The molecule has 3 N–H and O–H groups in total. The number of imide groups is 1. The van der Waals surface area contributed by atoms with E-state index in [1.54, 1.807) is 0 Å². The van der Waals surface area contributed by atoms with Gasteiger partial charge in [-0.3, -0.25) is 10.1 Å². The van der Waals surface area contributed by atoms with Crippen molar-refractivity contribution >= 4 is 23.7 Å². The molecule has 19 heavy (non-hydrogen) atoms. The third-order valence-corrected chi connectivity index (χ3v) is 3.78. The Hall–Kier alpha value is -1.01. The first-order valence-electron chi connectivity index (χ1n) is 6.66. The summed E-state index contributed by atoms with van der Waals surface area (Å²) in [7, 11) is 0. The number of nitrogens with one attached hydrogen (secondary N) is 2. The molecule has 0 aliphatic heterocycles. The van der Waals surface area contributed by atoms with Gasteiger partial charge in [-0.05, 0) is 32.1 Å². The minimum absolute atomic E-state index is 0.0409. The molecule has 0 fully saturated rings. The van der Waals surface area contributed by atoms with E-state index in [1.165, 1.54) is 30.2 Å². The molecule has 0 saturated heterocycles. The van der Waals surface area contributed by atoms with E-state index in [9.17, 15) is 9.59 Å². The predicted octanol–water partition coefficient (Wildman–Crippen LogP) is 1.43. The molecule has 108 valence electrons. The van der Waals surface area contributed by atoms with E-state index < -0.39 is 6.03 Å². The molecule has 0 aromatic carbocycles. The van der Waals surface area contributed by atoms with Crippen LogP contribution in [-0.2, 0) is 4.79 Å². The van der Waals surface area contributed by atoms with Crippen molar-refractivity contribution in [1.82, 2.24) is 10.6 Å². The van der Waals surface area contributed by atoms with Crippen molar-refractivity contribution in [2.24, 2.45) is 0 Å². The van der Waals surface area contributed by atoms with E-state index in [2.05, 4.69) is 16.7 Å². The molecular formula is C13H22N2O3S. The number of hydrogen-bond donors (Lipinski definition) is 3. The van der Waals surface area contributed by atoms with Gasteiger partial charge in [-0.2, -0.15) is 0 Å². The standard InChI is InChI=1S/C13H22N2O3S/c16-8-9-19-10-12(17)15-13(18)14-7-6-11-4-2-1-3-5-11/h4,16H,1-3,5-10H2,(H2,14,15,17,18). The number of allylic oxidation sites excluding steroid dienone is 1. The molecule has 1 aliphatic carbocycles. The number of thioether (sulfide) groups is 1. The summed E-state index contributed by atoms with van der Waals surface area (Å²) >= 11 is 1.30. The van der Waals surface area contributed by atoms with Gasteiger partial charge in [0.1, 0.15) is 0 Å². The fraction of sp³-hybridized carbons (Fsp3) is 0.692. The molecule has 5 nitrogen and oxygen atoms in total. The molecule has 0 unspecified atom stereocenters. The second kappa shape index (κ2) is 9.86. The number of carbonyl (C=O) groups is 2. The van der Waals surface area contributed by atoms with Gasteiger partial charge in [0.2, 0.25) is 5.91 Å². The van der Waals surface area contributed by atoms with E-state index in [0.717, 1.165) is 19.3 Å². The van der Waals surface area contributed by atoms with Gasteiger partial charge in [0, 0.05) is 12.3 Å². The first kappa shape index (κ1) is 16.0. The van der Waals surface area contributed by atoms with Crippen molar-refractivity contribution in [3.63, 3.8) is 0 Å². The highest BCUT2D eigenvalue weighted by Gasteiger charge is 2.08. The Balaban J connectivity index is 2.07. The summed E-state index contributed by atoms with van der Waals surface area (Å²) in [6.45, 7) is 0.605. The zero-order valence-corrected chi connectivity index (χ0v) is 11.9. The second-order valence-electron chi connectivity index (χ2n) is 4.44. The van der Waals surface area contributed by atoms with Gasteiger partial charge in [-0.25, -0.2) is 4.79 Å². The minimum atomic E-state index is -0.439. The van der Waals surface area contributed by atoms with Crippen LogP contribution >= 0.6 is 11.8 Å². The first-order chi connectivity index (χ1) is 9.22. The average molecular weight is 286 g/mol. The minimum Gasteiger partial charge on any atom is -0.396 e. The lowest BCUT2D eigenvalue weighted by Gasteiger charge is -2.13. The van der Waals surface area contributed by atoms with Crippen LogP contribution in [0, 0.1) is 0 Å². The highest BCUT2D eigenvalue weighted by Crippen LogP contribution is 2.19. The molecule has 6 heteroatoms. The zero-order valence-electron chi connectivity index (χ0n) is 11.1. The first-order valence-corrected chi connectivity index (χ1v) is 7.82. The van der Waals surface area contributed by atoms with E-state index >= 15 is 0 Å². The van der Waals surface area contributed by atoms with Crippen molar-refractivity contribution in [3.05, 3.63) is 11.6 Å². The fourth-order valence-electron chi connectivity index (χ4n) is 1.90. The summed E-state index contributed by atoms with van der Waals surface area (Å²) in [5.74, 6) is 0.371. The summed E-state index contributed by atoms with van der Waals surface area (Å²) < 4.78 is 0. The predicted molar refractivity (Wildman–Crippen MR) is 77.1 cm³/mol. The summed E-state index contributed by atoms with van der Waals surface area (Å²) in [6.07, 6.45) is 7.87. The van der Waals surface area contributed by atoms with Gasteiger partial charge < -0.3 is 10.4 Å². The summed E-state index contributed by atoms with van der Waals surface area (Å²) in [4.78, 5) is 22.7. The van der Waals surface area contributed by atoms with Crippen LogP contribution in [0.2, 0.25) is 0 Å². The van der Waals surface area contributed by atoms with E-state index in [0.29, 0.717) is 12.3 Å². The largest absolute Gasteiger partial charge is 0.396 e. The Kier molecular flexibility index (Phi) is 8.33. The maximum absolute atomic E-state index is 11.4. The smallest absolute Gasteiger partial charge is 0.321 e. The molecule has 0 saturated carbocycles. The number of rotatable bonds is 7. The molecule has 0 bridgehead atoms. The van der Waals surface area contributed by atoms with Gasteiger partial charge in [0.15, 0.2) is 0 Å². The molecule has 0 aromatic rings. The highest BCUT2D eigenvalue weighted by atomic mass is 32.2. The van der Waals surface area contributed by atoms with Gasteiger partial charge in [0.25, 0.3) is 0 Å². The Bertz CT molecular complexity index is 332. The van der Waals surface area contributed by atoms with Gasteiger partial charge >= 0.3 is 6.03 Å². The van der Waals surface area contributed by atoms with Crippen LogP contribution in [0.5, 0.6) is 0 Å². The van der Waals surface area contributed by atoms with Crippen molar-refractivity contribution in [3.8, 4) is 0 Å². The van der Waals surface area contributed by atoms with Crippen molar-refractivity contribution in [2.75, 3.05) is 24.7 Å². The molecule has 1 rings (SSSR count). The Labute approximate surface area is 118 Å². The van der Waals surface area contributed by atoms with Gasteiger partial charge in [0.05, 0.1) is 12.4 Å². The molecule has 3 amide bonds. The lowest BCUT2D eigenvalue weighted by molar-refractivity contribution is -0.117. The second-order valence-corrected chi connectivity index (χ2v) is 5.54. The maximum Gasteiger partial charge on any atom is 0.321 e. The quantitative estimate of drug-likeness (QED) is 0.489. The Morgan fingerprint density at radius 2 is 2.21 bits per heavy atom. The Morgan fingerprint density at radius 1 is 1.37 bits per heavy atom. The summed E-state index contributed by atoms with van der Waals surface area (Å²) in [6, 6.07) is -0.439. The third kappa shape index (κ3) is 7.89. The molecule has 1 aliphatic rings. The van der Waals surface area contributed by atoms with Crippen LogP contribution in [0.3, 0.4) is 0 Å². The van der Waals surface area contributed by atoms with Crippen LogP contribution in [0.4, 0.5) is 4.79 Å². The van der Waals surface area contributed by atoms with E-state index in [4.69, 9.17) is 5.11 Å². The molecule has 0 atom stereocenters.